The molecule has 11 heteroatoms. The number of rotatable bonds is 8. The van der Waals surface area contributed by atoms with Gasteiger partial charge in [-0.1, -0.05) is 11.6 Å². The summed E-state index contributed by atoms with van der Waals surface area (Å²) in [7, 11) is 2.99. The molecule has 0 aliphatic carbocycles. The summed E-state index contributed by atoms with van der Waals surface area (Å²) in [5.41, 5.74) is -0.333. The van der Waals surface area contributed by atoms with Crippen LogP contribution in [0.3, 0.4) is 0 Å². The Bertz CT molecular complexity index is 1160. The van der Waals surface area contributed by atoms with E-state index in [4.69, 9.17) is 20.8 Å². The molecule has 180 valence electrons. The van der Waals surface area contributed by atoms with Crippen molar-refractivity contribution >= 4 is 29.1 Å². The second kappa shape index (κ2) is 10.6. The maximum absolute atomic E-state index is 13.0. The van der Waals surface area contributed by atoms with E-state index in [0.717, 1.165) is 17.7 Å². The second-order valence-corrected chi connectivity index (χ2v) is 7.74. The highest BCUT2D eigenvalue weighted by Crippen LogP contribution is 2.36. The Balaban J connectivity index is 1.51. The first-order valence-electron chi connectivity index (χ1n) is 10.1. The number of methoxy groups -OCH3 is 1. The van der Waals surface area contributed by atoms with Crippen molar-refractivity contribution in [3.63, 3.8) is 0 Å². The number of aryl methyl sites for hydroxylation is 1. The van der Waals surface area contributed by atoms with Gasteiger partial charge < -0.3 is 19.4 Å². The van der Waals surface area contributed by atoms with Crippen LogP contribution in [0.25, 0.3) is 11.3 Å². The third-order valence-corrected chi connectivity index (χ3v) is 5.17. The van der Waals surface area contributed by atoms with Crippen molar-refractivity contribution in [2.45, 2.75) is 19.0 Å². The highest BCUT2D eigenvalue weighted by atomic mass is 35.5. The monoisotopic (exact) mass is 495 g/mol. The van der Waals surface area contributed by atoms with E-state index in [0.29, 0.717) is 17.4 Å². The number of ether oxygens (including phenoxy) is 1. The van der Waals surface area contributed by atoms with Crippen molar-refractivity contribution in [3.05, 3.63) is 65.1 Å². The molecule has 0 bridgehead atoms. The van der Waals surface area contributed by atoms with Crippen molar-refractivity contribution in [3.8, 4) is 17.1 Å². The number of hydrogen-bond acceptors (Lipinski definition) is 5. The zero-order valence-electron chi connectivity index (χ0n) is 18.3. The number of benzene rings is 2. The summed E-state index contributed by atoms with van der Waals surface area (Å²) in [6, 6.07) is 10.2. The van der Waals surface area contributed by atoms with Crippen LogP contribution in [-0.2, 0) is 22.2 Å². The molecule has 1 N–H and O–H groups in total. The molecule has 2 aromatic carbocycles. The van der Waals surface area contributed by atoms with Gasteiger partial charge in [-0.15, -0.1) is 0 Å². The molecule has 0 radical (unpaired) electrons. The summed E-state index contributed by atoms with van der Waals surface area (Å²) < 4.78 is 49.7. The summed E-state index contributed by atoms with van der Waals surface area (Å²) >= 11 is 5.57. The molecule has 7 nitrogen and oxygen atoms in total. The first kappa shape index (κ1) is 25.1. The number of amides is 2. The van der Waals surface area contributed by atoms with Crippen molar-refractivity contribution in [2.24, 2.45) is 0 Å². The summed E-state index contributed by atoms with van der Waals surface area (Å²) in [6.07, 6.45) is -2.85. The molecule has 0 fully saturated rings. The molecule has 0 saturated heterocycles. The predicted octanol–water partition coefficient (Wildman–Crippen LogP) is 5.05. The van der Waals surface area contributed by atoms with Crippen LogP contribution < -0.4 is 10.1 Å². The average Bonchev–Trinajstić information content (AvgIpc) is 3.27. The molecular weight excluding hydrogens is 475 g/mol. The van der Waals surface area contributed by atoms with Crippen molar-refractivity contribution < 1.29 is 31.9 Å². The van der Waals surface area contributed by atoms with Gasteiger partial charge in [-0.2, -0.15) is 13.2 Å². The Kier molecular flexibility index (Phi) is 7.83. The lowest BCUT2D eigenvalue weighted by molar-refractivity contribution is -0.137. The molecule has 0 aliphatic heterocycles. The highest BCUT2D eigenvalue weighted by Gasteiger charge is 2.33. The van der Waals surface area contributed by atoms with E-state index in [1.54, 1.807) is 25.4 Å². The molecule has 0 aliphatic rings. The van der Waals surface area contributed by atoms with Gasteiger partial charge in [0.05, 0.1) is 30.4 Å². The first-order valence-corrected chi connectivity index (χ1v) is 10.4. The highest BCUT2D eigenvalue weighted by molar-refractivity contribution is 6.31. The largest absolute Gasteiger partial charge is 0.497 e. The summed E-state index contributed by atoms with van der Waals surface area (Å²) in [5, 5.41) is 1.87. The van der Waals surface area contributed by atoms with Crippen LogP contribution in [0.4, 0.5) is 18.9 Å². The number of aromatic nitrogens is 1. The maximum atomic E-state index is 13.0. The fourth-order valence-corrected chi connectivity index (χ4v) is 3.27. The quantitative estimate of drug-likeness (QED) is 0.472. The topological polar surface area (TPSA) is 84.7 Å². The summed E-state index contributed by atoms with van der Waals surface area (Å²) in [4.78, 5) is 29.9. The van der Waals surface area contributed by atoms with Crippen LogP contribution >= 0.6 is 11.6 Å². The molecule has 2 amide bonds. The van der Waals surface area contributed by atoms with Gasteiger partial charge in [-0.05, 0) is 42.5 Å². The van der Waals surface area contributed by atoms with E-state index in [-0.39, 0.29) is 31.0 Å². The maximum Gasteiger partial charge on any atom is 0.417 e. The minimum absolute atomic E-state index is 0.0332. The number of carbonyl (C=O) groups excluding carboxylic acids is 2. The van der Waals surface area contributed by atoms with Gasteiger partial charge in [0, 0.05) is 31.1 Å². The molecule has 3 aromatic rings. The standard InChI is InChI=1S/C23H21ClF3N3O4/c1-30(13-20(31)29-15-5-8-18(24)17(11-15)23(25,26)27)22(32)10-9-21-28-12-19(34-21)14-3-6-16(33-2)7-4-14/h3-8,11-12H,9-10,13H2,1-2H3,(H,29,31). The van der Waals surface area contributed by atoms with Gasteiger partial charge in [0.1, 0.15) is 5.75 Å². The number of halogens is 4. The number of carbonyl (C=O) groups is 2. The molecule has 1 aromatic heterocycles. The van der Waals surface area contributed by atoms with Gasteiger partial charge in [-0.3, -0.25) is 9.59 Å². The second-order valence-electron chi connectivity index (χ2n) is 7.34. The van der Waals surface area contributed by atoms with Crippen molar-refractivity contribution in [1.82, 2.24) is 9.88 Å². The van der Waals surface area contributed by atoms with E-state index in [2.05, 4.69) is 10.3 Å². The zero-order chi connectivity index (χ0) is 24.9. The first-order chi connectivity index (χ1) is 16.1. The smallest absolute Gasteiger partial charge is 0.417 e. The molecule has 34 heavy (non-hydrogen) atoms. The zero-order valence-corrected chi connectivity index (χ0v) is 19.0. The third-order valence-electron chi connectivity index (χ3n) is 4.84. The van der Waals surface area contributed by atoms with E-state index in [9.17, 15) is 22.8 Å². The minimum Gasteiger partial charge on any atom is -0.497 e. The van der Waals surface area contributed by atoms with Crippen LogP contribution in [0.15, 0.2) is 53.1 Å². The van der Waals surface area contributed by atoms with Gasteiger partial charge in [-0.25, -0.2) is 4.98 Å². The molecule has 0 spiro atoms. The van der Waals surface area contributed by atoms with Crippen LogP contribution in [-0.4, -0.2) is 42.4 Å². The molecular formula is C23H21ClF3N3O4. The number of nitrogens with one attached hydrogen (secondary N) is 1. The van der Waals surface area contributed by atoms with Gasteiger partial charge >= 0.3 is 6.18 Å². The van der Waals surface area contributed by atoms with Crippen LogP contribution in [0, 0.1) is 0 Å². The third kappa shape index (κ3) is 6.50. The van der Waals surface area contributed by atoms with Crippen molar-refractivity contribution in [1.29, 1.82) is 0 Å². The fraction of sp³-hybridized carbons (Fsp3) is 0.261. The lowest BCUT2D eigenvalue weighted by Gasteiger charge is -2.17. The normalized spacial score (nSPS) is 11.2. The predicted molar refractivity (Wildman–Crippen MR) is 120 cm³/mol. The number of nitrogens with zero attached hydrogens (tertiary/aromatic N) is 2. The fourth-order valence-electron chi connectivity index (χ4n) is 3.04. The Hall–Kier alpha value is -3.53. The van der Waals surface area contributed by atoms with E-state index in [1.807, 2.05) is 12.1 Å². The van der Waals surface area contributed by atoms with Gasteiger partial charge in [0.25, 0.3) is 0 Å². The summed E-state index contributed by atoms with van der Waals surface area (Å²) in [6.45, 7) is -0.342. The van der Waals surface area contributed by atoms with Crippen molar-refractivity contribution in [2.75, 3.05) is 26.0 Å². The van der Waals surface area contributed by atoms with Crippen LogP contribution in [0.5, 0.6) is 5.75 Å². The lowest BCUT2D eigenvalue weighted by atomic mass is 10.2. The molecule has 0 atom stereocenters. The number of anilines is 1. The van der Waals surface area contributed by atoms with Crippen LogP contribution in [0.1, 0.15) is 17.9 Å². The Labute approximate surface area is 198 Å². The van der Waals surface area contributed by atoms with Gasteiger partial charge in [0.2, 0.25) is 11.8 Å². The van der Waals surface area contributed by atoms with Gasteiger partial charge in [0.15, 0.2) is 11.7 Å². The number of oxazole rings is 1. The van der Waals surface area contributed by atoms with E-state index in [1.165, 1.54) is 18.0 Å². The minimum atomic E-state index is -4.66. The number of likely N-dealkylation sites (N-methyl/N-ethyl adjacent to an activating group) is 1. The number of hydrogen-bond donors (Lipinski definition) is 1. The molecule has 1 heterocycles. The summed E-state index contributed by atoms with van der Waals surface area (Å²) in [5.74, 6) is 0.602. The van der Waals surface area contributed by atoms with E-state index >= 15 is 0 Å². The Morgan fingerprint density at radius 2 is 1.88 bits per heavy atom. The lowest BCUT2D eigenvalue weighted by Crippen LogP contribution is -2.35. The molecule has 0 saturated carbocycles. The Morgan fingerprint density at radius 3 is 2.53 bits per heavy atom. The molecule has 3 rings (SSSR count). The number of alkyl halides is 3. The van der Waals surface area contributed by atoms with Crippen LogP contribution in [0.2, 0.25) is 5.02 Å². The SMILES string of the molecule is COc1ccc(-c2cnc(CCC(=O)N(C)CC(=O)Nc3ccc(Cl)c(C(F)(F)F)c3)o2)cc1. The van der Waals surface area contributed by atoms with E-state index < -0.39 is 22.7 Å². The Morgan fingerprint density at radius 1 is 1.18 bits per heavy atom. The average molecular weight is 496 g/mol. The molecule has 0 unspecified atom stereocenters.